The molecule has 5 nitrogen and oxygen atoms in total. The van der Waals surface area contributed by atoms with E-state index in [1.54, 1.807) is 0 Å². The van der Waals surface area contributed by atoms with Crippen molar-refractivity contribution in [2.45, 2.75) is 25.3 Å². The Kier molecular flexibility index (Phi) is 4.76. The highest BCUT2D eigenvalue weighted by Gasteiger charge is 2.30. The van der Waals surface area contributed by atoms with Crippen LogP contribution < -0.4 is 10.6 Å². The maximum atomic E-state index is 13.6. The average molecular weight is 363 g/mol. The van der Waals surface area contributed by atoms with Crippen molar-refractivity contribution < 1.29 is 23.5 Å². The number of carbonyl (C=O) groups excluding carboxylic acids is 1. The SMILES string of the molecule is O=C(Nc1cc(F)c(Br)cc1F)NC1CCC(C(=O)O)C1. The van der Waals surface area contributed by atoms with Gasteiger partial charge in [0.05, 0.1) is 16.1 Å². The molecule has 0 spiro atoms. The summed E-state index contributed by atoms with van der Waals surface area (Å²) in [5, 5.41) is 13.6. The van der Waals surface area contributed by atoms with Crippen LogP contribution in [-0.4, -0.2) is 23.1 Å². The largest absolute Gasteiger partial charge is 0.481 e. The van der Waals surface area contributed by atoms with E-state index in [9.17, 15) is 18.4 Å². The number of amides is 2. The lowest BCUT2D eigenvalue weighted by atomic mass is 10.1. The lowest BCUT2D eigenvalue weighted by molar-refractivity contribution is -0.141. The standard InChI is InChI=1S/C13H13BrF2N2O3/c14-8-4-10(16)11(5-9(8)15)18-13(21)17-7-2-1-6(3-7)12(19)20/h4-7H,1-3H2,(H,19,20)(H2,17,18,21). The van der Waals surface area contributed by atoms with Crippen LogP contribution >= 0.6 is 15.9 Å². The third-order valence-corrected chi connectivity index (χ3v) is 3.98. The molecular formula is C13H13BrF2N2O3. The molecule has 1 aromatic rings. The molecule has 1 fully saturated rings. The highest BCUT2D eigenvalue weighted by atomic mass is 79.9. The molecule has 2 atom stereocenters. The van der Waals surface area contributed by atoms with Crippen LogP contribution in [-0.2, 0) is 4.79 Å². The number of nitrogens with one attached hydrogen (secondary N) is 2. The predicted molar refractivity (Wildman–Crippen MR) is 75.0 cm³/mol. The molecule has 1 aliphatic rings. The van der Waals surface area contributed by atoms with Crippen LogP contribution in [0.4, 0.5) is 19.3 Å². The smallest absolute Gasteiger partial charge is 0.319 e. The number of hydrogen-bond donors (Lipinski definition) is 3. The quantitative estimate of drug-likeness (QED) is 0.723. The van der Waals surface area contributed by atoms with E-state index in [1.807, 2.05) is 0 Å². The summed E-state index contributed by atoms with van der Waals surface area (Å²) in [6, 6.07) is 0.815. The van der Waals surface area contributed by atoms with Crippen molar-refractivity contribution in [3.63, 3.8) is 0 Å². The molecule has 3 N–H and O–H groups in total. The molecular weight excluding hydrogens is 350 g/mol. The van der Waals surface area contributed by atoms with Crippen molar-refractivity contribution in [3.05, 3.63) is 28.2 Å². The molecule has 8 heteroatoms. The topological polar surface area (TPSA) is 78.4 Å². The molecule has 1 aromatic carbocycles. The van der Waals surface area contributed by atoms with E-state index >= 15 is 0 Å². The molecule has 2 amide bonds. The summed E-state index contributed by atoms with van der Waals surface area (Å²) in [6.07, 6.45) is 1.36. The zero-order valence-electron chi connectivity index (χ0n) is 10.8. The zero-order chi connectivity index (χ0) is 15.6. The number of halogens is 3. The molecule has 0 aliphatic heterocycles. The summed E-state index contributed by atoms with van der Waals surface area (Å²) >= 11 is 2.84. The first kappa shape index (κ1) is 15.7. The number of urea groups is 1. The minimum absolute atomic E-state index is 0.0361. The molecule has 1 saturated carbocycles. The van der Waals surface area contributed by atoms with E-state index in [2.05, 4.69) is 26.6 Å². The third-order valence-electron chi connectivity index (χ3n) is 3.38. The van der Waals surface area contributed by atoms with Gasteiger partial charge in [0.2, 0.25) is 0 Å². The Balaban J connectivity index is 1.94. The lowest BCUT2D eigenvalue weighted by Crippen LogP contribution is -2.37. The first-order valence-electron chi connectivity index (χ1n) is 6.31. The summed E-state index contributed by atoms with van der Waals surface area (Å²) < 4.78 is 26.8. The van der Waals surface area contributed by atoms with E-state index < -0.39 is 29.6 Å². The molecule has 2 unspecified atom stereocenters. The summed E-state index contributed by atoms with van der Waals surface area (Å²) in [4.78, 5) is 22.5. The maximum Gasteiger partial charge on any atom is 0.319 e. The lowest BCUT2D eigenvalue weighted by Gasteiger charge is -2.14. The molecule has 0 bridgehead atoms. The number of carboxylic acids is 1. The highest BCUT2D eigenvalue weighted by molar-refractivity contribution is 9.10. The summed E-state index contributed by atoms with van der Waals surface area (Å²) in [6.45, 7) is 0. The Morgan fingerprint density at radius 1 is 1.24 bits per heavy atom. The molecule has 0 aromatic heterocycles. The Morgan fingerprint density at radius 3 is 2.57 bits per heavy atom. The Hall–Kier alpha value is -1.70. The second-order valence-electron chi connectivity index (χ2n) is 4.89. The predicted octanol–water partition coefficient (Wildman–Crippen LogP) is 3.10. The Morgan fingerprint density at radius 2 is 1.95 bits per heavy atom. The normalized spacial score (nSPS) is 21.1. The number of hydrogen-bond acceptors (Lipinski definition) is 2. The minimum Gasteiger partial charge on any atom is -0.481 e. The number of carbonyl (C=O) groups is 2. The summed E-state index contributed by atoms with van der Waals surface area (Å²) in [5.41, 5.74) is -0.277. The van der Waals surface area contributed by atoms with Gasteiger partial charge in [-0.1, -0.05) is 0 Å². The van der Waals surface area contributed by atoms with Gasteiger partial charge in [-0.15, -0.1) is 0 Å². The molecule has 21 heavy (non-hydrogen) atoms. The van der Waals surface area contributed by atoms with Crippen molar-refractivity contribution in [2.24, 2.45) is 5.92 Å². The summed E-state index contributed by atoms with van der Waals surface area (Å²) in [5.74, 6) is -2.83. The average Bonchev–Trinajstić information content (AvgIpc) is 2.84. The fraction of sp³-hybridized carbons (Fsp3) is 0.385. The second kappa shape index (κ2) is 6.38. The number of rotatable bonds is 3. The molecule has 0 radical (unpaired) electrons. The van der Waals surface area contributed by atoms with Crippen molar-refractivity contribution >= 4 is 33.6 Å². The van der Waals surface area contributed by atoms with Crippen LogP contribution in [0.5, 0.6) is 0 Å². The Bertz CT molecular complexity index is 583. The first-order valence-corrected chi connectivity index (χ1v) is 7.11. The fourth-order valence-corrected chi connectivity index (χ4v) is 2.61. The van der Waals surface area contributed by atoms with Crippen LogP contribution in [0.2, 0.25) is 0 Å². The molecule has 114 valence electrons. The Labute approximate surface area is 127 Å². The van der Waals surface area contributed by atoms with E-state index in [0.717, 1.165) is 12.1 Å². The minimum atomic E-state index is -0.888. The van der Waals surface area contributed by atoms with Gasteiger partial charge >= 0.3 is 12.0 Å². The van der Waals surface area contributed by atoms with E-state index in [0.29, 0.717) is 19.3 Å². The zero-order valence-corrected chi connectivity index (χ0v) is 12.4. The van der Waals surface area contributed by atoms with Gasteiger partial charge in [0.25, 0.3) is 0 Å². The second-order valence-corrected chi connectivity index (χ2v) is 5.74. The fourth-order valence-electron chi connectivity index (χ4n) is 2.30. The van der Waals surface area contributed by atoms with Gasteiger partial charge in [-0.05, 0) is 41.3 Å². The first-order chi connectivity index (χ1) is 9.86. The van der Waals surface area contributed by atoms with Gasteiger partial charge in [-0.25, -0.2) is 13.6 Å². The van der Waals surface area contributed by atoms with Crippen LogP contribution in [0.1, 0.15) is 19.3 Å². The van der Waals surface area contributed by atoms with Crippen molar-refractivity contribution in [2.75, 3.05) is 5.32 Å². The van der Waals surface area contributed by atoms with Crippen molar-refractivity contribution in [3.8, 4) is 0 Å². The number of anilines is 1. The van der Waals surface area contributed by atoms with Gasteiger partial charge in [0.15, 0.2) is 0 Å². The molecule has 2 rings (SSSR count). The van der Waals surface area contributed by atoms with Gasteiger partial charge in [-0.3, -0.25) is 4.79 Å². The molecule has 0 heterocycles. The van der Waals surface area contributed by atoms with Crippen LogP contribution in [0.25, 0.3) is 0 Å². The number of benzene rings is 1. The number of carboxylic acid groups (broad SMARTS) is 1. The van der Waals surface area contributed by atoms with Crippen LogP contribution in [0.3, 0.4) is 0 Å². The van der Waals surface area contributed by atoms with E-state index in [-0.39, 0.29) is 16.2 Å². The number of aliphatic carboxylic acids is 1. The van der Waals surface area contributed by atoms with Crippen molar-refractivity contribution in [1.82, 2.24) is 5.32 Å². The highest BCUT2D eigenvalue weighted by Crippen LogP contribution is 2.26. The summed E-state index contributed by atoms with van der Waals surface area (Å²) in [7, 11) is 0. The van der Waals surface area contributed by atoms with Gasteiger partial charge < -0.3 is 15.7 Å². The van der Waals surface area contributed by atoms with Gasteiger partial charge in [0, 0.05) is 12.1 Å². The van der Waals surface area contributed by atoms with Crippen LogP contribution in [0.15, 0.2) is 16.6 Å². The van der Waals surface area contributed by atoms with Crippen LogP contribution in [0, 0.1) is 17.6 Å². The van der Waals surface area contributed by atoms with E-state index in [1.165, 1.54) is 0 Å². The van der Waals surface area contributed by atoms with Crippen molar-refractivity contribution in [1.29, 1.82) is 0 Å². The third kappa shape index (κ3) is 3.90. The molecule has 0 saturated heterocycles. The molecule has 1 aliphatic carbocycles. The van der Waals surface area contributed by atoms with Gasteiger partial charge in [0.1, 0.15) is 11.6 Å². The van der Waals surface area contributed by atoms with E-state index in [4.69, 9.17) is 5.11 Å². The van der Waals surface area contributed by atoms with Gasteiger partial charge in [-0.2, -0.15) is 0 Å². The monoisotopic (exact) mass is 362 g/mol. The maximum absolute atomic E-state index is 13.6.